The van der Waals surface area contributed by atoms with Crippen LogP contribution in [0.2, 0.25) is 10.0 Å². The van der Waals surface area contributed by atoms with E-state index in [9.17, 15) is 14.7 Å². The first-order valence-electron chi connectivity index (χ1n) is 16.5. The minimum Gasteiger partial charge on any atom is -0.481 e. The van der Waals surface area contributed by atoms with Crippen LogP contribution in [-0.4, -0.2) is 23.0 Å². The van der Waals surface area contributed by atoms with E-state index in [1.54, 1.807) is 6.07 Å². The normalized spacial score (nSPS) is 45.2. The van der Waals surface area contributed by atoms with Crippen LogP contribution in [0.1, 0.15) is 112 Å². The molecule has 5 aliphatic rings. The third-order valence-corrected chi connectivity index (χ3v) is 15.1. The van der Waals surface area contributed by atoms with E-state index in [2.05, 4.69) is 41.5 Å². The van der Waals surface area contributed by atoms with Crippen molar-refractivity contribution in [3.8, 4) is 0 Å². The molecule has 0 bridgehead atoms. The van der Waals surface area contributed by atoms with E-state index in [1.165, 1.54) is 5.57 Å². The van der Waals surface area contributed by atoms with Gasteiger partial charge in [0.15, 0.2) is 5.78 Å². The van der Waals surface area contributed by atoms with Gasteiger partial charge in [0, 0.05) is 16.0 Å². The average Bonchev–Trinajstić information content (AvgIpc) is 2.91. The van der Waals surface area contributed by atoms with Crippen LogP contribution in [0.4, 0.5) is 0 Å². The molecule has 0 saturated heterocycles. The van der Waals surface area contributed by atoms with Gasteiger partial charge in [-0.05, 0) is 127 Å². The summed E-state index contributed by atoms with van der Waals surface area (Å²) in [5.41, 5.74) is 1.07. The maximum atomic E-state index is 14.6. The zero-order chi connectivity index (χ0) is 31.4. The summed E-state index contributed by atoms with van der Waals surface area (Å²) in [4.78, 5) is 27.0. The van der Waals surface area contributed by atoms with E-state index >= 15 is 0 Å². The number of rotatable bonds is 4. The number of carbonyl (C=O) groups excluding carboxylic acids is 1. The molecule has 4 fully saturated rings. The lowest BCUT2D eigenvalue weighted by Gasteiger charge is -2.70. The van der Waals surface area contributed by atoms with Crippen molar-refractivity contribution in [1.29, 1.82) is 0 Å². The number of ketones is 1. The molecule has 0 spiro atoms. The van der Waals surface area contributed by atoms with Gasteiger partial charge >= 0.3 is 5.97 Å². The third-order valence-electron chi connectivity index (χ3n) is 14.5. The monoisotopic (exact) mass is 628 g/mol. The lowest BCUT2D eigenvalue weighted by molar-refractivity contribution is -0.210. The molecule has 1 aromatic rings. The molecule has 5 aliphatic carbocycles. The summed E-state index contributed by atoms with van der Waals surface area (Å²) in [6.45, 7) is 16.7. The summed E-state index contributed by atoms with van der Waals surface area (Å²) in [5.74, 6) is 0.0584. The fraction of sp³-hybridized carbons (Fsp3) is 0.730. The van der Waals surface area contributed by atoms with Crippen LogP contribution in [0.3, 0.4) is 0 Å². The van der Waals surface area contributed by atoms with Gasteiger partial charge in [-0.15, -0.1) is 0 Å². The Labute approximate surface area is 268 Å². The van der Waals surface area contributed by atoms with Crippen LogP contribution < -0.4 is 0 Å². The zero-order valence-corrected chi connectivity index (χ0v) is 28.6. The molecule has 4 nitrogen and oxygen atoms in total. The summed E-state index contributed by atoms with van der Waals surface area (Å²) < 4.78 is 6.63. The van der Waals surface area contributed by atoms with Crippen LogP contribution >= 0.6 is 23.2 Å². The molecule has 1 aromatic carbocycles. The number of hydrogen-bond acceptors (Lipinski definition) is 3. The molecule has 0 aromatic heterocycles. The molecule has 0 heterocycles. The van der Waals surface area contributed by atoms with Crippen molar-refractivity contribution in [2.24, 2.45) is 50.2 Å². The van der Waals surface area contributed by atoms with Gasteiger partial charge in [0.2, 0.25) is 0 Å². The van der Waals surface area contributed by atoms with E-state index in [4.69, 9.17) is 27.9 Å². The highest BCUT2D eigenvalue weighted by atomic mass is 35.5. The number of ether oxygens (including phenoxy) is 1. The number of aliphatic carboxylic acids is 1. The predicted octanol–water partition coefficient (Wildman–Crippen LogP) is 9.94. The van der Waals surface area contributed by atoms with Crippen LogP contribution in [0, 0.1) is 50.2 Å². The quantitative estimate of drug-likeness (QED) is 0.360. The van der Waals surface area contributed by atoms with E-state index in [1.807, 2.05) is 25.1 Å². The van der Waals surface area contributed by atoms with E-state index in [-0.39, 0.29) is 50.8 Å². The Kier molecular flexibility index (Phi) is 7.40. The Bertz CT molecular complexity index is 1380. The highest BCUT2D eigenvalue weighted by molar-refractivity contribution is 6.35. The minimum atomic E-state index is -0.730. The molecular weight excluding hydrogens is 579 g/mol. The molecule has 236 valence electrons. The average molecular weight is 630 g/mol. The van der Waals surface area contributed by atoms with Gasteiger partial charge in [-0.3, -0.25) is 9.59 Å². The fourth-order valence-corrected chi connectivity index (χ4v) is 11.9. The molecular formula is C37H50Cl2O4. The van der Waals surface area contributed by atoms with E-state index < -0.39 is 11.4 Å². The number of halogens is 2. The smallest absolute Gasteiger partial charge is 0.309 e. The molecule has 0 amide bonds. The number of benzene rings is 1. The van der Waals surface area contributed by atoms with Gasteiger partial charge in [0.05, 0.1) is 18.1 Å². The number of carboxylic acid groups (broad SMARTS) is 1. The Balaban J connectivity index is 1.32. The largest absolute Gasteiger partial charge is 0.481 e. The van der Waals surface area contributed by atoms with Crippen molar-refractivity contribution < 1.29 is 19.4 Å². The van der Waals surface area contributed by atoms with Crippen molar-refractivity contribution in [2.45, 2.75) is 119 Å². The van der Waals surface area contributed by atoms with Crippen molar-refractivity contribution >= 4 is 35.0 Å². The van der Waals surface area contributed by atoms with Gasteiger partial charge in [-0.25, -0.2) is 0 Å². The van der Waals surface area contributed by atoms with Crippen molar-refractivity contribution in [3.63, 3.8) is 0 Å². The third kappa shape index (κ3) is 4.46. The Morgan fingerprint density at radius 2 is 1.65 bits per heavy atom. The number of fused-ring (bicyclic) bond motifs is 7. The Morgan fingerprint density at radius 3 is 2.33 bits per heavy atom. The highest BCUT2D eigenvalue weighted by Gasteiger charge is 2.70. The summed E-state index contributed by atoms with van der Waals surface area (Å²) in [6.07, 6.45) is 10.5. The SMILES string of the molecule is CC1(C)[C@@H](OCc2ccc(Cl)cc2Cl)CC[C@]2(C)[C@H]3C(=O)C=C4[C@@H]5C[C@@](C)(C(=O)O)CC[C@]5(C)CC[C@@]4(C)[C@]3(C)CC[C@@H]12. The molecule has 1 N–H and O–H groups in total. The van der Waals surface area contributed by atoms with E-state index in [0.717, 1.165) is 56.9 Å². The molecule has 0 unspecified atom stereocenters. The molecule has 6 rings (SSSR count). The number of allylic oxidation sites excluding steroid dienone is 2. The summed E-state index contributed by atoms with van der Waals surface area (Å²) in [6, 6.07) is 5.58. The Hall–Kier alpha value is -1.36. The number of carbonyl (C=O) groups is 2. The minimum absolute atomic E-state index is 0.0442. The predicted molar refractivity (Wildman–Crippen MR) is 172 cm³/mol. The standard InChI is InChI=1S/C37H50Cl2O4/c1-32(2)28-10-13-37(7)30(35(28,5)12-11-29(32)43-21-22-8-9-23(38)18-26(22)39)27(40)19-24-25-20-34(4,31(41)42)15-14-33(25,3)16-17-36(24,37)6/h8-9,18-19,25,28-30H,10-17,20-21H2,1-7H3,(H,41,42)/t25-,28-,29-,30+,33+,34-,35-,36+,37+/m0/s1. The molecule has 4 saturated carbocycles. The molecule has 9 atom stereocenters. The zero-order valence-electron chi connectivity index (χ0n) is 27.1. The topological polar surface area (TPSA) is 63.6 Å². The lowest BCUT2D eigenvalue weighted by atomic mass is 9.33. The second-order valence-corrected chi connectivity index (χ2v) is 17.8. The maximum absolute atomic E-state index is 14.6. The summed E-state index contributed by atoms with van der Waals surface area (Å²) in [7, 11) is 0. The molecule has 0 aliphatic heterocycles. The molecule has 43 heavy (non-hydrogen) atoms. The first-order valence-corrected chi connectivity index (χ1v) is 17.2. The van der Waals surface area contributed by atoms with Gasteiger partial charge in [0.1, 0.15) is 0 Å². The second kappa shape index (κ2) is 10.1. The van der Waals surface area contributed by atoms with Crippen LogP contribution in [0.5, 0.6) is 0 Å². The number of carboxylic acids is 1. The van der Waals surface area contributed by atoms with Gasteiger partial charge in [-0.2, -0.15) is 0 Å². The van der Waals surface area contributed by atoms with E-state index in [0.29, 0.717) is 29.0 Å². The Morgan fingerprint density at radius 1 is 0.953 bits per heavy atom. The van der Waals surface area contributed by atoms with Gasteiger partial charge in [0.25, 0.3) is 0 Å². The van der Waals surface area contributed by atoms with Crippen LogP contribution in [-0.2, 0) is 20.9 Å². The van der Waals surface area contributed by atoms with Crippen molar-refractivity contribution in [2.75, 3.05) is 0 Å². The summed E-state index contributed by atoms with van der Waals surface area (Å²) >= 11 is 12.6. The van der Waals surface area contributed by atoms with Crippen molar-refractivity contribution in [1.82, 2.24) is 0 Å². The van der Waals surface area contributed by atoms with Crippen molar-refractivity contribution in [3.05, 3.63) is 45.5 Å². The first-order chi connectivity index (χ1) is 19.9. The lowest BCUT2D eigenvalue weighted by Crippen LogP contribution is -2.66. The fourth-order valence-electron chi connectivity index (χ4n) is 11.5. The summed E-state index contributed by atoms with van der Waals surface area (Å²) in [5, 5.41) is 11.4. The molecule has 6 heteroatoms. The van der Waals surface area contributed by atoms with Gasteiger partial charge < -0.3 is 9.84 Å². The van der Waals surface area contributed by atoms with Crippen LogP contribution in [0.15, 0.2) is 29.8 Å². The second-order valence-electron chi connectivity index (χ2n) is 17.0. The molecule has 0 radical (unpaired) electrons. The highest BCUT2D eigenvalue weighted by Crippen LogP contribution is 2.75. The first kappa shape index (κ1) is 31.6. The number of hydrogen-bond donors (Lipinski definition) is 1. The van der Waals surface area contributed by atoms with Crippen LogP contribution in [0.25, 0.3) is 0 Å². The van der Waals surface area contributed by atoms with Gasteiger partial charge in [-0.1, -0.05) is 76.4 Å². The maximum Gasteiger partial charge on any atom is 0.309 e.